The topological polar surface area (TPSA) is 104 Å². The van der Waals surface area contributed by atoms with E-state index in [-0.39, 0.29) is 25.0 Å². The molecule has 9 heteroatoms. The molecule has 2 aliphatic heterocycles. The van der Waals surface area contributed by atoms with Gasteiger partial charge >= 0.3 is 0 Å². The van der Waals surface area contributed by atoms with E-state index in [9.17, 15) is 14.7 Å². The Hall–Kier alpha value is -3.72. The van der Waals surface area contributed by atoms with Crippen LogP contribution >= 0.6 is 0 Å². The van der Waals surface area contributed by atoms with Crippen molar-refractivity contribution < 1.29 is 28.9 Å². The number of aliphatic hydroxyl groups excluding tert-OH is 1. The molecule has 2 amide bonds. The zero-order chi connectivity index (χ0) is 24.7. The number of fused-ring (bicyclic) bond motifs is 4. The Balaban J connectivity index is 1.71. The Kier molecular flexibility index (Phi) is 6.02. The minimum Gasteiger partial charge on any atom is -0.493 e. The number of benzene rings is 2. The van der Waals surface area contributed by atoms with Crippen molar-refractivity contribution >= 4 is 22.7 Å². The fourth-order valence-corrected chi connectivity index (χ4v) is 5.38. The molecule has 0 saturated carbocycles. The molecular weight excluding hydrogens is 450 g/mol. The largest absolute Gasteiger partial charge is 0.493 e. The van der Waals surface area contributed by atoms with Crippen molar-refractivity contribution in [2.45, 2.75) is 24.9 Å². The van der Waals surface area contributed by atoms with Crippen molar-refractivity contribution in [3.05, 3.63) is 53.2 Å². The van der Waals surface area contributed by atoms with Gasteiger partial charge in [0.2, 0.25) is 17.6 Å². The van der Waals surface area contributed by atoms with Gasteiger partial charge in [-0.3, -0.25) is 9.59 Å². The lowest BCUT2D eigenvalue weighted by atomic mass is 9.86. The first-order valence-corrected chi connectivity index (χ1v) is 11.6. The number of ether oxygens (including phenoxy) is 3. The molecule has 0 spiro atoms. The van der Waals surface area contributed by atoms with E-state index in [4.69, 9.17) is 14.2 Å². The summed E-state index contributed by atoms with van der Waals surface area (Å²) in [6.45, 7) is 0.292. The van der Waals surface area contributed by atoms with E-state index in [1.54, 1.807) is 31.1 Å². The van der Waals surface area contributed by atoms with Gasteiger partial charge in [-0.1, -0.05) is 18.2 Å². The van der Waals surface area contributed by atoms with Crippen molar-refractivity contribution in [1.29, 1.82) is 0 Å². The van der Waals surface area contributed by atoms with Crippen molar-refractivity contribution in [3.63, 3.8) is 0 Å². The molecule has 2 atom stereocenters. The predicted molar refractivity (Wildman–Crippen MR) is 129 cm³/mol. The number of carbonyl (C=O) groups excluding carboxylic acids is 2. The maximum atomic E-state index is 13.6. The highest BCUT2D eigenvalue weighted by Crippen LogP contribution is 2.46. The molecular formula is C26H29N3O6. The zero-order valence-electron chi connectivity index (χ0n) is 20.0. The van der Waals surface area contributed by atoms with Crippen LogP contribution in [0.5, 0.6) is 17.2 Å². The van der Waals surface area contributed by atoms with Gasteiger partial charge < -0.3 is 34.1 Å². The van der Waals surface area contributed by atoms with Crippen LogP contribution in [-0.4, -0.2) is 78.8 Å². The molecule has 2 aromatic carbocycles. The van der Waals surface area contributed by atoms with Crippen molar-refractivity contribution in [3.8, 4) is 17.2 Å². The van der Waals surface area contributed by atoms with Crippen LogP contribution < -0.4 is 14.2 Å². The molecule has 35 heavy (non-hydrogen) atoms. The highest BCUT2D eigenvalue weighted by Gasteiger charge is 2.48. The molecule has 2 N–H and O–H groups in total. The summed E-state index contributed by atoms with van der Waals surface area (Å²) in [5.41, 5.74) is 3.60. The van der Waals surface area contributed by atoms with Crippen LogP contribution in [-0.2, 0) is 16.0 Å². The minimum atomic E-state index is -0.647. The number of nitrogens with one attached hydrogen (secondary N) is 1. The molecule has 0 aliphatic carbocycles. The number of amides is 2. The van der Waals surface area contributed by atoms with Crippen molar-refractivity contribution in [1.82, 2.24) is 14.8 Å². The van der Waals surface area contributed by atoms with Gasteiger partial charge in [0.25, 0.3) is 0 Å². The molecule has 3 aromatic rings. The van der Waals surface area contributed by atoms with Crippen LogP contribution in [0.25, 0.3) is 10.9 Å². The van der Waals surface area contributed by atoms with Crippen LogP contribution in [0.4, 0.5) is 0 Å². The van der Waals surface area contributed by atoms with Gasteiger partial charge in [-0.05, 0) is 35.7 Å². The number of piperazine rings is 1. The molecule has 3 heterocycles. The number of hydrogen-bond acceptors (Lipinski definition) is 6. The van der Waals surface area contributed by atoms with E-state index >= 15 is 0 Å². The minimum absolute atomic E-state index is 0.0220. The number of aliphatic hydroxyl groups is 1. The summed E-state index contributed by atoms with van der Waals surface area (Å²) < 4.78 is 16.7. The quantitative estimate of drug-likeness (QED) is 0.539. The van der Waals surface area contributed by atoms with Crippen molar-refractivity contribution in [2.75, 3.05) is 41.0 Å². The SMILES string of the molecule is COc1cc([C@@H]2c3[nH]c4ccccc4c3C[C@H]3C(=O)N(CCCO)CC(=O)N23)cc(OC)c1OC. The Labute approximate surface area is 203 Å². The molecule has 1 fully saturated rings. The standard InChI is InChI=1S/C26H29N3O6/c1-33-20-11-15(12-21(34-2)25(20)35-3)24-23-17(16-7-4-5-8-18(16)27-23)13-19-26(32)28(9-6-10-30)14-22(31)29(19)24/h4-5,7-8,11-12,19,24,27,30H,6,9-10,13-14H2,1-3H3/t19-,24+/m0/s1. The summed E-state index contributed by atoms with van der Waals surface area (Å²) in [4.78, 5) is 33.9. The number of aromatic nitrogens is 1. The van der Waals surface area contributed by atoms with Gasteiger partial charge in [-0.2, -0.15) is 0 Å². The average molecular weight is 480 g/mol. The first-order valence-electron chi connectivity index (χ1n) is 11.6. The number of para-hydroxylation sites is 1. The van der Waals surface area contributed by atoms with Crippen LogP contribution in [0.3, 0.4) is 0 Å². The number of nitrogens with zero attached hydrogens (tertiary/aromatic N) is 2. The van der Waals surface area contributed by atoms with Crippen molar-refractivity contribution in [2.24, 2.45) is 0 Å². The van der Waals surface area contributed by atoms with Gasteiger partial charge in [-0.15, -0.1) is 0 Å². The van der Waals surface area contributed by atoms with E-state index in [1.165, 1.54) is 0 Å². The molecule has 0 unspecified atom stereocenters. The smallest absolute Gasteiger partial charge is 0.246 e. The summed E-state index contributed by atoms with van der Waals surface area (Å²) in [5, 5.41) is 10.3. The predicted octanol–water partition coefficient (Wildman–Crippen LogP) is 2.26. The lowest BCUT2D eigenvalue weighted by Crippen LogP contribution is -2.63. The first-order chi connectivity index (χ1) is 17.0. The number of carbonyl (C=O) groups is 2. The maximum absolute atomic E-state index is 13.6. The maximum Gasteiger partial charge on any atom is 0.246 e. The Morgan fingerprint density at radius 1 is 1.06 bits per heavy atom. The fraction of sp³-hybridized carbons (Fsp3) is 0.385. The van der Waals surface area contributed by atoms with Gasteiger partial charge in [0.15, 0.2) is 11.5 Å². The number of rotatable bonds is 7. The molecule has 1 saturated heterocycles. The number of aromatic amines is 1. The van der Waals surface area contributed by atoms with E-state index in [0.717, 1.165) is 27.7 Å². The second-order valence-corrected chi connectivity index (χ2v) is 8.78. The monoisotopic (exact) mass is 479 g/mol. The van der Waals surface area contributed by atoms with Gasteiger partial charge in [0, 0.05) is 36.2 Å². The highest BCUT2D eigenvalue weighted by molar-refractivity contribution is 5.97. The fourth-order valence-electron chi connectivity index (χ4n) is 5.38. The third-order valence-electron chi connectivity index (χ3n) is 6.93. The Morgan fingerprint density at radius 3 is 2.43 bits per heavy atom. The van der Waals surface area contributed by atoms with Crippen LogP contribution in [0.2, 0.25) is 0 Å². The van der Waals surface area contributed by atoms with Gasteiger partial charge in [0.05, 0.1) is 33.9 Å². The van der Waals surface area contributed by atoms with Crippen LogP contribution in [0, 0.1) is 0 Å². The second kappa shape index (κ2) is 9.14. The molecule has 5 rings (SSSR count). The summed E-state index contributed by atoms with van der Waals surface area (Å²) in [6.07, 6.45) is 0.848. The zero-order valence-corrected chi connectivity index (χ0v) is 20.0. The van der Waals surface area contributed by atoms with E-state index in [0.29, 0.717) is 36.6 Å². The van der Waals surface area contributed by atoms with E-state index < -0.39 is 12.1 Å². The number of H-pyrrole nitrogens is 1. The molecule has 184 valence electrons. The third kappa shape index (κ3) is 3.67. The van der Waals surface area contributed by atoms with E-state index in [1.807, 2.05) is 36.4 Å². The summed E-state index contributed by atoms with van der Waals surface area (Å²) in [6, 6.07) is 10.4. The summed E-state index contributed by atoms with van der Waals surface area (Å²) in [5.74, 6) is 1.16. The molecule has 1 aromatic heterocycles. The van der Waals surface area contributed by atoms with Crippen LogP contribution in [0.1, 0.15) is 29.3 Å². The Bertz CT molecular complexity index is 1260. The summed E-state index contributed by atoms with van der Waals surface area (Å²) in [7, 11) is 4.64. The lowest BCUT2D eigenvalue weighted by molar-refractivity contribution is -0.158. The third-order valence-corrected chi connectivity index (χ3v) is 6.93. The second-order valence-electron chi connectivity index (χ2n) is 8.78. The normalized spacial score (nSPS) is 19.5. The number of hydrogen-bond donors (Lipinski definition) is 2. The molecule has 0 radical (unpaired) electrons. The highest BCUT2D eigenvalue weighted by atomic mass is 16.5. The van der Waals surface area contributed by atoms with Gasteiger partial charge in [0.1, 0.15) is 6.04 Å². The number of methoxy groups -OCH3 is 3. The summed E-state index contributed by atoms with van der Waals surface area (Å²) >= 11 is 0. The van der Waals surface area contributed by atoms with E-state index in [2.05, 4.69) is 4.98 Å². The Morgan fingerprint density at radius 2 is 1.77 bits per heavy atom. The molecule has 9 nitrogen and oxygen atoms in total. The van der Waals surface area contributed by atoms with Gasteiger partial charge in [-0.25, -0.2) is 0 Å². The average Bonchev–Trinajstić information content (AvgIpc) is 3.26. The first kappa shape index (κ1) is 23.0. The molecule has 0 bridgehead atoms. The lowest BCUT2D eigenvalue weighted by Gasteiger charge is -2.47. The van der Waals surface area contributed by atoms with Crippen LogP contribution in [0.15, 0.2) is 36.4 Å². The molecule has 2 aliphatic rings.